The maximum absolute atomic E-state index is 8.50. The second-order valence-electron chi connectivity index (χ2n) is 3.10. The third kappa shape index (κ3) is 1.88. The van der Waals surface area contributed by atoms with Crippen molar-refractivity contribution in [3.8, 4) is 11.4 Å². The summed E-state index contributed by atoms with van der Waals surface area (Å²) in [6.45, 7) is 0. The smallest absolute Gasteiger partial charge is 0.159 e. The molecule has 0 amide bonds. The molecule has 0 saturated heterocycles. The lowest BCUT2D eigenvalue weighted by Crippen LogP contribution is -1.99. The topological polar surface area (TPSA) is 59.6 Å². The van der Waals surface area contributed by atoms with Crippen molar-refractivity contribution in [3.05, 3.63) is 42.5 Å². The lowest BCUT2D eigenvalue weighted by atomic mass is 10.3. The molecule has 1 aromatic heterocycles. The van der Waals surface area contributed by atoms with Crippen LogP contribution in [0.25, 0.3) is 5.69 Å². The van der Waals surface area contributed by atoms with E-state index in [-0.39, 0.29) is 0 Å². The Morgan fingerprint density at radius 3 is 3.12 bits per heavy atom. The van der Waals surface area contributed by atoms with Gasteiger partial charge in [-0.05, 0) is 12.1 Å². The third-order valence-electron chi connectivity index (χ3n) is 2.17. The summed E-state index contributed by atoms with van der Waals surface area (Å²) < 4.78 is 6.93. The number of oxime groups is 1. The molecule has 1 heterocycles. The Bertz CT molecular complexity index is 505. The van der Waals surface area contributed by atoms with E-state index in [1.165, 1.54) is 6.21 Å². The van der Waals surface area contributed by atoms with Crippen molar-refractivity contribution in [2.75, 3.05) is 7.11 Å². The molecule has 0 fully saturated rings. The minimum Gasteiger partial charge on any atom is -0.497 e. The van der Waals surface area contributed by atoms with Crippen LogP contribution in [0.15, 0.2) is 41.8 Å². The van der Waals surface area contributed by atoms with Gasteiger partial charge in [0.05, 0.1) is 12.8 Å². The molecular weight excluding hydrogens is 206 g/mol. The van der Waals surface area contributed by atoms with Gasteiger partial charge < -0.3 is 9.94 Å². The molecule has 1 N–H and O–H groups in total. The number of ether oxygens (including phenoxy) is 1. The van der Waals surface area contributed by atoms with Crippen LogP contribution in [0.5, 0.6) is 5.75 Å². The summed E-state index contributed by atoms with van der Waals surface area (Å²) in [6.07, 6.45) is 4.70. The molecule has 0 bridgehead atoms. The molecule has 2 aromatic rings. The summed E-state index contributed by atoms with van der Waals surface area (Å²) in [6, 6.07) is 7.53. The number of nitrogens with zero attached hydrogens (tertiary/aromatic N) is 3. The Morgan fingerprint density at radius 1 is 1.50 bits per heavy atom. The quantitative estimate of drug-likeness (QED) is 0.483. The number of hydrogen-bond donors (Lipinski definition) is 1. The van der Waals surface area contributed by atoms with E-state index in [1.54, 1.807) is 24.1 Å². The lowest BCUT2D eigenvalue weighted by molar-refractivity contribution is 0.321. The average molecular weight is 217 g/mol. The van der Waals surface area contributed by atoms with E-state index in [0.717, 1.165) is 11.4 Å². The number of hydrogen-bond acceptors (Lipinski definition) is 4. The van der Waals surface area contributed by atoms with E-state index in [0.29, 0.717) is 5.82 Å². The summed E-state index contributed by atoms with van der Waals surface area (Å²) in [5.74, 6) is 1.31. The van der Waals surface area contributed by atoms with E-state index in [1.807, 2.05) is 24.3 Å². The maximum Gasteiger partial charge on any atom is 0.159 e. The first kappa shape index (κ1) is 10.2. The minimum atomic E-state index is 0.552. The van der Waals surface area contributed by atoms with E-state index in [2.05, 4.69) is 10.1 Å². The predicted octanol–water partition coefficient (Wildman–Crippen LogP) is 1.69. The van der Waals surface area contributed by atoms with Crippen molar-refractivity contribution < 1.29 is 9.94 Å². The fraction of sp³-hybridized carbons (Fsp3) is 0.0909. The van der Waals surface area contributed by atoms with Gasteiger partial charge in [-0.3, -0.25) is 4.57 Å². The van der Waals surface area contributed by atoms with Crippen LogP contribution in [0, 0.1) is 0 Å². The Balaban J connectivity index is 2.45. The first-order chi connectivity index (χ1) is 7.85. The van der Waals surface area contributed by atoms with Gasteiger partial charge in [-0.1, -0.05) is 11.2 Å². The Morgan fingerprint density at radius 2 is 2.38 bits per heavy atom. The Hall–Kier alpha value is -2.30. The molecule has 0 radical (unpaired) electrons. The molecule has 0 aliphatic rings. The van der Waals surface area contributed by atoms with Gasteiger partial charge in [-0.15, -0.1) is 0 Å². The van der Waals surface area contributed by atoms with Gasteiger partial charge in [0.25, 0.3) is 0 Å². The summed E-state index contributed by atoms with van der Waals surface area (Å²) in [5.41, 5.74) is 0.895. The zero-order valence-electron chi connectivity index (χ0n) is 8.74. The van der Waals surface area contributed by atoms with Crippen molar-refractivity contribution >= 4 is 6.21 Å². The number of benzene rings is 1. The minimum absolute atomic E-state index is 0.552. The van der Waals surface area contributed by atoms with E-state index in [9.17, 15) is 0 Å². The van der Waals surface area contributed by atoms with Crippen LogP contribution in [0.4, 0.5) is 0 Å². The summed E-state index contributed by atoms with van der Waals surface area (Å²) in [4.78, 5) is 4.05. The number of aromatic nitrogens is 2. The van der Waals surface area contributed by atoms with Crippen LogP contribution in [0.3, 0.4) is 0 Å². The Labute approximate surface area is 92.6 Å². The number of rotatable bonds is 3. The highest BCUT2D eigenvalue weighted by molar-refractivity contribution is 5.75. The van der Waals surface area contributed by atoms with Crippen LogP contribution in [-0.4, -0.2) is 28.1 Å². The molecule has 0 atom stereocenters. The molecular formula is C11H11N3O2. The molecule has 0 saturated carbocycles. The van der Waals surface area contributed by atoms with Crippen LogP contribution < -0.4 is 4.74 Å². The van der Waals surface area contributed by atoms with Gasteiger partial charge in [-0.25, -0.2) is 4.98 Å². The van der Waals surface area contributed by atoms with Crippen LogP contribution in [-0.2, 0) is 0 Å². The third-order valence-corrected chi connectivity index (χ3v) is 2.17. The fourth-order valence-electron chi connectivity index (χ4n) is 1.44. The highest BCUT2D eigenvalue weighted by Gasteiger charge is 2.03. The Kier molecular flexibility index (Phi) is 2.86. The van der Waals surface area contributed by atoms with Crippen LogP contribution >= 0.6 is 0 Å². The monoisotopic (exact) mass is 217 g/mol. The fourth-order valence-corrected chi connectivity index (χ4v) is 1.44. The van der Waals surface area contributed by atoms with Gasteiger partial charge >= 0.3 is 0 Å². The summed E-state index contributed by atoms with van der Waals surface area (Å²) in [7, 11) is 1.61. The summed E-state index contributed by atoms with van der Waals surface area (Å²) >= 11 is 0. The second-order valence-corrected chi connectivity index (χ2v) is 3.10. The van der Waals surface area contributed by atoms with E-state index in [4.69, 9.17) is 9.94 Å². The molecule has 0 spiro atoms. The standard InChI is InChI=1S/C11H11N3O2/c1-16-10-4-2-3-9(7-10)14-6-5-12-11(14)8-13-15/h2-8,15H,1H3/b13-8+. The molecule has 1 aromatic carbocycles. The largest absolute Gasteiger partial charge is 0.497 e. The number of imidazole rings is 1. The van der Waals surface area contributed by atoms with Gasteiger partial charge in [0.1, 0.15) is 12.0 Å². The molecule has 5 heteroatoms. The predicted molar refractivity (Wildman–Crippen MR) is 59.5 cm³/mol. The van der Waals surface area contributed by atoms with Crippen molar-refractivity contribution in [1.82, 2.24) is 9.55 Å². The van der Waals surface area contributed by atoms with Gasteiger partial charge in [0.2, 0.25) is 0 Å². The summed E-state index contributed by atoms with van der Waals surface area (Å²) in [5, 5.41) is 11.5. The highest BCUT2D eigenvalue weighted by Crippen LogP contribution is 2.17. The molecule has 5 nitrogen and oxygen atoms in total. The molecule has 16 heavy (non-hydrogen) atoms. The highest BCUT2D eigenvalue weighted by atomic mass is 16.5. The van der Waals surface area contributed by atoms with E-state index >= 15 is 0 Å². The van der Waals surface area contributed by atoms with Gasteiger partial charge in [0, 0.05) is 18.5 Å². The molecule has 2 rings (SSSR count). The average Bonchev–Trinajstić information content (AvgIpc) is 2.78. The van der Waals surface area contributed by atoms with Crippen molar-refractivity contribution in [1.29, 1.82) is 0 Å². The molecule has 0 aliphatic heterocycles. The van der Waals surface area contributed by atoms with Crippen molar-refractivity contribution in [3.63, 3.8) is 0 Å². The van der Waals surface area contributed by atoms with Gasteiger partial charge in [-0.2, -0.15) is 0 Å². The van der Waals surface area contributed by atoms with Crippen molar-refractivity contribution in [2.45, 2.75) is 0 Å². The van der Waals surface area contributed by atoms with Crippen LogP contribution in [0.1, 0.15) is 5.82 Å². The lowest BCUT2D eigenvalue weighted by Gasteiger charge is -2.06. The van der Waals surface area contributed by atoms with Gasteiger partial charge in [0.15, 0.2) is 5.82 Å². The molecule has 82 valence electrons. The first-order valence-corrected chi connectivity index (χ1v) is 4.70. The molecule has 0 aliphatic carbocycles. The normalized spacial score (nSPS) is 10.8. The molecule has 0 unspecified atom stereocenters. The zero-order valence-corrected chi connectivity index (χ0v) is 8.74. The zero-order chi connectivity index (χ0) is 11.4. The number of methoxy groups -OCH3 is 1. The van der Waals surface area contributed by atoms with E-state index < -0.39 is 0 Å². The first-order valence-electron chi connectivity index (χ1n) is 4.70. The second kappa shape index (κ2) is 4.48. The van der Waals surface area contributed by atoms with Crippen LogP contribution in [0.2, 0.25) is 0 Å². The SMILES string of the molecule is COc1cccc(-n2ccnc2/C=N/O)c1. The maximum atomic E-state index is 8.50. The van der Waals surface area contributed by atoms with Crippen molar-refractivity contribution in [2.24, 2.45) is 5.16 Å².